The van der Waals surface area contributed by atoms with E-state index in [0.29, 0.717) is 28.8 Å². The number of methoxy groups -OCH3 is 1. The zero-order valence-electron chi connectivity index (χ0n) is 17.6. The number of carbonyl (C=O) groups is 1. The smallest absolute Gasteiger partial charge is 0.260 e. The van der Waals surface area contributed by atoms with Crippen LogP contribution in [-0.4, -0.2) is 46.8 Å². The number of hydrogen-bond donors (Lipinski definition) is 4. The molecule has 1 heterocycles. The molecule has 3 rings (SSSR count). The van der Waals surface area contributed by atoms with Gasteiger partial charge in [0.1, 0.15) is 17.1 Å². The molecule has 162 valence electrons. The highest BCUT2D eigenvalue weighted by Gasteiger charge is 2.22. The molecule has 0 unspecified atom stereocenters. The number of anilines is 3. The molecule has 4 N–H and O–H groups in total. The fraction of sp³-hybridized carbons (Fsp3) is 0.500. The average molecular weight is 414 g/mol. The van der Waals surface area contributed by atoms with Gasteiger partial charge in [0.25, 0.3) is 5.91 Å². The highest BCUT2D eigenvalue weighted by Crippen LogP contribution is 2.25. The Bertz CT molecular complexity index is 837. The Morgan fingerprint density at radius 3 is 2.80 bits per heavy atom. The lowest BCUT2D eigenvalue weighted by atomic mass is 9.93. The minimum Gasteiger partial charge on any atom is -0.497 e. The first-order valence-corrected chi connectivity index (χ1v) is 10.6. The second-order valence-corrected chi connectivity index (χ2v) is 7.57. The molecule has 2 aromatic rings. The zero-order chi connectivity index (χ0) is 21.3. The molecule has 1 aliphatic carbocycles. The first-order valence-electron chi connectivity index (χ1n) is 10.6. The molecule has 1 aromatic carbocycles. The quantitative estimate of drug-likeness (QED) is 0.465. The number of aromatic nitrogens is 2. The van der Waals surface area contributed by atoms with Crippen molar-refractivity contribution >= 4 is 23.4 Å². The summed E-state index contributed by atoms with van der Waals surface area (Å²) in [6, 6.07) is 7.36. The van der Waals surface area contributed by atoms with Gasteiger partial charge in [0.2, 0.25) is 5.95 Å². The van der Waals surface area contributed by atoms with E-state index in [1.165, 1.54) is 0 Å². The van der Waals surface area contributed by atoms with Crippen molar-refractivity contribution < 1.29 is 14.6 Å². The Balaban J connectivity index is 1.78. The topological polar surface area (TPSA) is 108 Å². The molecule has 0 spiro atoms. The van der Waals surface area contributed by atoms with Gasteiger partial charge in [-0.2, -0.15) is 4.98 Å². The second kappa shape index (κ2) is 10.8. The van der Waals surface area contributed by atoms with Crippen LogP contribution in [0, 0.1) is 0 Å². The predicted octanol–water partition coefficient (Wildman–Crippen LogP) is 3.66. The van der Waals surface area contributed by atoms with E-state index in [-0.39, 0.29) is 18.1 Å². The molecule has 8 heteroatoms. The van der Waals surface area contributed by atoms with Crippen LogP contribution in [-0.2, 0) is 0 Å². The third-order valence-electron chi connectivity index (χ3n) is 5.21. The van der Waals surface area contributed by atoms with Crippen molar-refractivity contribution in [2.24, 2.45) is 0 Å². The van der Waals surface area contributed by atoms with Crippen LogP contribution in [0.3, 0.4) is 0 Å². The molecule has 0 radical (unpaired) electrons. The molecule has 1 saturated carbocycles. The van der Waals surface area contributed by atoms with Crippen molar-refractivity contribution in [2.75, 3.05) is 29.6 Å². The normalized spacial score (nSPS) is 18.5. The van der Waals surface area contributed by atoms with Crippen LogP contribution in [0.4, 0.5) is 17.5 Å². The van der Waals surface area contributed by atoms with E-state index in [1.54, 1.807) is 25.4 Å². The lowest BCUT2D eigenvalue weighted by Crippen LogP contribution is -2.30. The van der Waals surface area contributed by atoms with Crippen LogP contribution in [0.2, 0.25) is 0 Å². The summed E-state index contributed by atoms with van der Waals surface area (Å²) in [5.41, 5.74) is 1.02. The number of rotatable bonds is 9. The maximum Gasteiger partial charge on any atom is 0.260 e. The molecule has 1 aromatic heterocycles. The second-order valence-electron chi connectivity index (χ2n) is 7.57. The van der Waals surface area contributed by atoms with Crippen LogP contribution < -0.4 is 20.7 Å². The molecule has 0 bridgehead atoms. The Hall–Kier alpha value is -2.87. The summed E-state index contributed by atoms with van der Waals surface area (Å²) < 4.78 is 5.22. The fourth-order valence-electron chi connectivity index (χ4n) is 3.43. The Morgan fingerprint density at radius 2 is 2.07 bits per heavy atom. The molecule has 1 aliphatic rings. The SMILES string of the molecule is CCCCNc1ncc(C(=O)Nc2cccc(OC)c2)c(N[C@H]2CC[C@H](O)CC2)n1. The maximum atomic E-state index is 13.0. The van der Waals surface area contributed by atoms with Crippen LogP contribution in [0.1, 0.15) is 55.8 Å². The third-order valence-corrected chi connectivity index (χ3v) is 5.21. The van der Waals surface area contributed by atoms with Gasteiger partial charge < -0.3 is 25.8 Å². The summed E-state index contributed by atoms with van der Waals surface area (Å²) in [5, 5.41) is 19.3. The summed E-state index contributed by atoms with van der Waals surface area (Å²) in [7, 11) is 1.59. The maximum absolute atomic E-state index is 13.0. The zero-order valence-corrected chi connectivity index (χ0v) is 17.6. The summed E-state index contributed by atoms with van der Waals surface area (Å²) in [6.45, 7) is 2.90. The highest BCUT2D eigenvalue weighted by molar-refractivity contribution is 6.07. The van der Waals surface area contributed by atoms with Gasteiger partial charge in [-0.3, -0.25) is 4.79 Å². The Morgan fingerprint density at radius 1 is 1.27 bits per heavy atom. The van der Waals surface area contributed by atoms with Crippen LogP contribution >= 0.6 is 0 Å². The number of benzene rings is 1. The van der Waals surface area contributed by atoms with Gasteiger partial charge in [0, 0.05) is 30.5 Å². The molecule has 1 fully saturated rings. The number of nitrogens with zero attached hydrogens (tertiary/aromatic N) is 2. The van der Waals surface area contributed by atoms with E-state index in [9.17, 15) is 9.90 Å². The number of nitrogens with one attached hydrogen (secondary N) is 3. The first-order chi connectivity index (χ1) is 14.6. The molecular weight excluding hydrogens is 382 g/mol. The molecule has 1 amide bonds. The van der Waals surface area contributed by atoms with Crippen LogP contribution in [0.5, 0.6) is 5.75 Å². The number of aliphatic hydroxyl groups is 1. The number of ether oxygens (including phenoxy) is 1. The lowest BCUT2D eigenvalue weighted by molar-refractivity contribution is 0.102. The van der Waals surface area contributed by atoms with Gasteiger partial charge in [-0.15, -0.1) is 0 Å². The van der Waals surface area contributed by atoms with E-state index >= 15 is 0 Å². The molecule has 0 aliphatic heterocycles. The average Bonchev–Trinajstić information content (AvgIpc) is 2.76. The first kappa shape index (κ1) is 21.8. The van der Waals surface area contributed by atoms with Gasteiger partial charge in [-0.05, 0) is 44.2 Å². The third kappa shape index (κ3) is 6.06. The van der Waals surface area contributed by atoms with E-state index in [2.05, 4.69) is 32.8 Å². The lowest BCUT2D eigenvalue weighted by Gasteiger charge is -2.27. The Kier molecular flexibility index (Phi) is 7.84. The van der Waals surface area contributed by atoms with Gasteiger partial charge in [0.05, 0.1) is 13.2 Å². The number of hydrogen-bond acceptors (Lipinski definition) is 7. The summed E-state index contributed by atoms with van der Waals surface area (Å²) in [4.78, 5) is 21.9. The van der Waals surface area contributed by atoms with Crippen molar-refractivity contribution in [3.05, 3.63) is 36.0 Å². The Labute approximate surface area is 177 Å². The minimum absolute atomic E-state index is 0.162. The summed E-state index contributed by atoms with van der Waals surface area (Å²) >= 11 is 0. The number of aliphatic hydroxyl groups excluding tert-OH is 1. The summed E-state index contributed by atoms with van der Waals surface area (Å²) in [5.74, 6) is 1.38. The number of carbonyl (C=O) groups excluding carboxylic acids is 1. The van der Waals surface area contributed by atoms with Crippen molar-refractivity contribution in [2.45, 2.75) is 57.6 Å². The number of amides is 1. The van der Waals surface area contributed by atoms with E-state index < -0.39 is 0 Å². The number of unbranched alkanes of at least 4 members (excludes halogenated alkanes) is 1. The van der Waals surface area contributed by atoms with Crippen LogP contribution in [0.25, 0.3) is 0 Å². The van der Waals surface area contributed by atoms with Crippen molar-refractivity contribution in [3.63, 3.8) is 0 Å². The van der Waals surface area contributed by atoms with Gasteiger partial charge in [-0.25, -0.2) is 4.98 Å². The van der Waals surface area contributed by atoms with Crippen LogP contribution in [0.15, 0.2) is 30.5 Å². The largest absolute Gasteiger partial charge is 0.497 e. The van der Waals surface area contributed by atoms with E-state index in [4.69, 9.17) is 4.74 Å². The van der Waals surface area contributed by atoms with Gasteiger partial charge in [0.15, 0.2) is 0 Å². The van der Waals surface area contributed by atoms with E-state index in [0.717, 1.165) is 45.1 Å². The molecule has 0 atom stereocenters. The standard InChI is InChI=1S/C22H31N5O3/c1-3-4-12-23-22-24-14-19(20(27-22)25-15-8-10-17(28)11-9-15)21(29)26-16-6-5-7-18(13-16)30-2/h5-7,13-15,17,28H,3-4,8-12H2,1-2H3,(H,26,29)(H2,23,24,25,27)/t15-,17-. The van der Waals surface area contributed by atoms with E-state index in [1.807, 2.05) is 12.1 Å². The predicted molar refractivity (Wildman–Crippen MR) is 118 cm³/mol. The van der Waals surface area contributed by atoms with Crippen molar-refractivity contribution in [1.82, 2.24) is 9.97 Å². The van der Waals surface area contributed by atoms with Gasteiger partial charge in [-0.1, -0.05) is 19.4 Å². The molecule has 8 nitrogen and oxygen atoms in total. The van der Waals surface area contributed by atoms with Crippen molar-refractivity contribution in [1.29, 1.82) is 0 Å². The molecule has 30 heavy (non-hydrogen) atoms. The molecular formula is C22H31N5O3. The molecule has 0 saturated heterocycles. The highest BCUT2D eigenvalue weighted by atomic mass is 16.5. The van der Waals surface area contributed by atoms with Crippen molar-refractivity contribution in [3.8, 4) is 5.75 Å². The summed E-state index contributed by atoms with van der Waals surface area (Å²) in [6.07, 6.45) is 6.56. The minimum atomic E-state index is -0.290. The monoisotopic (exact) mass is 413 g/mol. The van der Waals surface area contributed by atoms with Gasteiger partial charge >= 0.3 is 0 Å². The fourth-order valence-corrected chi connectivity index (χ4v) is 3.43.